The van der Waals surface area contributed by atoms with E-state index in [1.165, 1.54) is 0 Å². The lowest BCUT2D eigenvalue weighted by Crippen LogP contribution is -2.54. The normalized spacial score (nSPS) is 28.1. The standard InChI is InChI=1S/C37H37N3O4S/c1-24-16-17-25(2)28(21-24)39-20-10-18-37-32(35(43)40(33(37)36(39)44)29(23-41)27-13-7-4-8-14-27)31-30(45-37)15-9-19-38(34(31)42)22-26-11-5-3-6-12-26/h3-18,21,29-33,41H,19-20,22-23H2,1-2H3/t29-,30+,31-,32+,33?,37+/m1/s1. The van der Waals surface area contributed by atoms with Crippen molar-refractivity contribution < 1.29 is 19.5 Å². The van der Waals surface area contributed by atoms with Gasteiger partial charge in [0.2, 0.25) is 11.8 Å². The number of benzene rings is 3. The highest BCUT2D eigenvalue weighted by molar-refractivity contribution is 8.02. The zero-order chi connectivity index (χ0) is 31.3. The van der Waals surface area contributed by atoms with E-state index in [-0.39, 0.29) is 29.6 Å². The van der Waals surface area contributed by atoms with Gasteiger partial charge in [0.25, 0.3) is 5.91 Å². The zero-order valence-corrected chi connectivity index (χ0v) is 26.3. The van der Waals surface area contributed by atoms with E-state index in [1.54, 1.807) is 21.6 Å². The summed E-state index contributed by atoms with van der Waals surface area (Å²) in [4.78, 5) is 49.6. The Morgan fingerprint density at radius 2 is 1.62 bits per heavy atom. The molecule has 1 unspecified atom stereocenters. The quantitative estimate of drug-likeness (QED) is 0.400. The Morgan fingerprint density at radius 1 is 0.889 bits per heavy atom. The fourth-order valence-corrected chi connectivity index (χ4v) is 9.66. The molecule has 4 aliphatic heterocycles. The number of thioether (sulfide) groups is 1. The maximum Gasteiger partial charge on any atom is 0.251 e. The number of carbonyl (C=O) groups is 3. The molecule has 8 heteroatoms. The highest BCUT2D eigenvalue weighted by Crippen LogP contribution is 2.62. The third-order valence-electron chi connectivity index (χ3n) is 9.74. The molecule has 7 nitrogen and oxygen atoms in total. The summed E-state index contributed by atoms with van der Waals surface area (Å²) < 4.78 is -0.978. The van der Waals surface area contributed by atoms with Crippen LogP contribution in [-0.4, -0.2) is 68.4 Å². The number of amides is 3. The molecule has 0 bridgehead atoms. The predicted octanol–water partition coefficient (Wildman–Crippen LogP) is 4.84. The molecule has 4 aliphatic rings. The van der Waals surface area contributed by atoms with Gasteiger partial charge in [0.05, 0.1) is 29.2 Å². The second-order valence-corrected chi connectivity index (χ2v) is 14.0. The van der Waals surface area contributed by atoms with E-state index in [1.807, 2.05) is 116 Å². The highest BCUT2D eigenvalue weighted by Gasteiger charge is 2.72. The SMILES string of the molecule is Cc1ccc(C)c(N2CC=C[C@]34S[C@H]5C=CCN(Cc6ccccc6)C(=O)[C@H]5[C@H]3C(=O)N([C@H](CO)c3ccccc3)C4C2=O)c1. The van der Waals surface area contributed by atoms with Gasteiger partial charge in [-0.2, -0.15) is 0 Å². The van der Waals surface area contributed by atoms with Gasteiger partial charge in [-0.05, 0) is 42.2 Å². The van der Waals surface area contributed by atoms with Gasteiger partial charge in [-0.3, -0.25) is 14.4 Å². The molecule has 6 atom stereocenters. The number of aryl methyl sites for hydroxylation is 2. The number of aliphatic hydroxyl groups is 1. The molecule has 1 N–H and O–H groups in total. The van der Waals surface area contributed by atoms with Crippen LogP contribution in [-0.2, 0) is 20.9 Å². The molecule has 3 aromatic carbocycles. The van der Waals surface area contributed by atoms with Crippen molar-refractivity contribution in [3.63, 3.8) is 0 Å². The maximum atomic E-state index is 15.0. The van der Waals surface area contributed by atoms with Gasteiger partial charge in [0, 0.05) is 30.6 Å². The van der Waals surface area contributed by atoms with Crippen LogP contribution in [0.4, 0.5) is 5.69 Å². The molecule has 2 saturated heterocycles. The van der Waals surface area contributed by atoms with Crippen LogP contribution in [0.1, 0.15) is 28.3 Å². The molecule has 1 spiro atoms. The zero-order valence-electron chi connectivity index (χ0n) is 25.5. The average Bonchev–Trinajstić information content (AvgIpc) is 3.37. The Morgan fingerprint density at radius 3 is 2.36 bits per heavy atom. The topological polar surface area (TPSA) is 81.2 Å². The molecule has 0 aliphatic carbocycles. The Hall–Kier alpha value is -4.14. The van der Waals surface area contributed by atoms with Crippen molar-refractivity contribution in [2.45, 2.75) is 42.5 Å². The monoisotopic (exact) mass is 619 g/mol. The Kier molecular flexibility index (Phi) is 7.66. The highest BCUT2D eigenvalue weighted by atomic mass is 32.2. The Balaban J connectivity index is 1.35. The third kappa shape index (κ3) is 4.82. The maximum absolute atomic E-state index is 15.0. The molecule has 230 valence electrons. The van der Waals surface area contributed by atoms with Crippen LogP contribution in [0, 0.1) is 25.7 Å². The smallest absolute Gasteiger partial charge is 0.251 e. The molecule has 0 aromatic heterocycles. The van der Waals surface area contributed by atoms with Gasteiger partial charge in [-0.15, -0.1) is 11.8 Å². The van der Waals surface area contributed by atoms with Crippen molar-refractivity contribution in [3.8, 4) is 0 Å². The van der Waals surface area contributed by atoms with E-state index in [9.17, 15) is 19.5 Å². The summed E-state index contributed by atoms with van der Waals surface area (Å²) in [6.45, 7) is 4.90. The van der Waals surface area contributed by atoms with Gasteiger partial charge < -0.3 is 19.8 Å². The first kappa shape index (κ1) is 29.6. The van der Waals surface area contributed by atoms with E-state index in [4.69, 9.17) is 0 Å². The molecule has 3 amide bonds. The lowest BCUT2D eigenvalue weighted by atomic mass is 9.78. The second kappa shape index (κ2) is 11.7. The van der Waals surface area contributed by atoms with Gasteiger partial charge in [0.1, 0.15) is 6.04 Å². The minimum absolute atomic E-state index is 0.0751. The van der Waals surface area contributed by atoms with Crippen LogP contribution in [0.25, 0.3) is 0 Å². The first-order chi connectivity index (χ1) is 21.8. The lowest BCUT2D eigenvalue weighted by molar-refractivity contribution is -0.145. The number of fused-ring (bicyclic) bond motifs is 2. The number of rotatable bonds is 6. The molecule has 4 heterocycles. The summed E-state index contributed by atoms with van der Waals surface area (Å²) in [5.41, 5.74) is 4.58. The summed E-state index contributed by atoms with van der Waals surface area (Å²) in [5.74, 6) is -1.93. The van der Waals surface area contributed by atoms with Gasteiger partial charge >= 0.3 is 0 Å². The summed E-state index contributed by atoms with van der Waals surface area (Å²) in [5, 5.41) is 10.6. The van der Waals surface area contributed by atoms with Crippen LogP contribution in [0.2, 0.25) is 0 Å². The van der Waals surface area contributed by atoms with Gasteiger partial charge in [-0.1, -0.05) is 97.1 Å². The number of nitrogens with zero attached hydrogens (tertiary/aromatic N) is 3. The minimum Gasteiger partial charge on any atom is -0.394 e. The Labute approximate surface area is 268 Å². The Bertz CT molecular complexity index is 1690. The van der Waals surface area contributed by atoms with E-state index < -0.39 is 28.7 Å². The molecule has 0 saturated carbocycles. The summed E-state index contributed by atoms with van der Waals surface area (Å²) in [6, 6.07) is 23.7. The molecule has 2 fully saturated rings. The van der Waals surface area contributed by atoms with Crippen molar-refractivity contribution >= 4 is 35.2 Å². The fourth-order valence-electron chi connectivity index (χ4n) is 7.67. The summed E-state index contributed by atoms with van der Waals surface area (Å²) in [6.07, 6.45) is 8.11. The van der Waals surface area contributed by atoms with E-state index in [0.717, 1.165) is 27.9 Å². The molecule has 0 radical (unpaired) electrons. The number of aliphatic hydroxyl groups excluding tert-OH is 1. The predicted molar refractivity (Wildman–Crippen MR) is 176 cm³/mol. The van der Waals surface area contributed by atoms with Gasteiger partial charge in [-0.25, -0.2) is 0 Å². The number of carbonyl (C=O) groups excluding carboxylic acids is 3. The van der Waals surface area contributed by atoms with Crippen LogP contribution >= 0.6 is 11.8 Å². The average molecular weight is 620 g/mol. The number of anilines is 1. The van der Waals surface area contributed by atoms with Crippen molar-refractivity contribution in [1.29, 1.82) is 0 Å². The van der Waals surface area contributed by atoms with Crippen molar-refractivity contribution in [2.75, 3.05) is 24.6 Å². The third-order valence-corrected chi connectivity index (χ3v) is 11.5. The largest absolute Gasteiger partial charge is 0.394 e. The fraction of sp³-hybridized carbons (Fsp3) is 0.324. The number of likely N-dealkylation sites (tertiary alicyclic amines) is 1. The summed E-state index contributed by atoms with van der Waals surface area (Å²) in [7, 11) is 0. The van der Waals surface area contributed by atoms with Crippen LogP contribution in [0.5, 0.6) is 0 Å². The molecule has 3 aromatic rings. The molecular formula is C37H37N3O4S. The van der Waals surface area contributed by atoms with Crippen molar-refractivity contribution in [1.82, 2.24) is 9.80 Å². The van der Waals surface area contributed by atoms with E-state index >= 15 is 0 Å². The van der Waals surface area contributed by atoms with E-state index in [2.05, 4.69) is 6.08 Å². The number of hydrogen-bond donors (Lipinski definition) is 1. The van der Waals surface area contributed by atoms with Crippen LogP contribution < -0.4 is 4.90 Å². The lowest BCUT2D eigenvalue weighted by Gasteiger charge is -2.39. The minimum atomic E-state index is -0.978. The van der Waals surface area contributed by atoms with Crippen molar-refractivity contribution in [3.05, 3.63) is 125 Å². The summed E-state index contributed by atoms with van der Waals surface area (Å²) >= 11 is 1.56. The first-order valence-corrected chi connectivity index (χ1v) is 16.4. The molecular weight excluding hydrogens is 582 g/mol. The second-order valence-electron chi connectivity index (χ2n) is 12.5. The molecule has 7 rings (SSSR count). The van der Waals surface area contributed by atoms with Gasteiger partial charge in [0.15, 0.2) is 0 Å². The van der Waals surface area contributed by atoms with Crippen LogP contribution in [0.3, 0.4) is 0 Å². The molecule has 45 heavy (non-hydrogen) atoms. The van der Waals surface area contributed by atoms with E-state index in [0.29, 0.717) is 19.6 Å². The number of hydrogen-bond acceptors (Lipinski definition) is 5. The first-order valence-electron chi connectivity index (χ1n) is 15.6. The van der Waals surface area contributed by atoms with Crippen LogP contribution in [0.15, 0.2) is 103 Å². The van der Waals surface area contributed by atoms with Crippen molar-refractivity contribution in [2.24, 2.45) is 11.8 Å².